The Hall–Kier alpha value is -2.15. The van der Waals surface area contributed by atoms with Gasteiger partial charge in [-0.2, -0.15) is 4.37 Å². The van der Waals surface area contributed by atoms with Crippen LogP contribution in [0.5, 0.6) is 5.75 Å². The van der Waals surface area contributed by atoms with E-state index in [4.69, 9.17) is 0 Å². The van der Waals surface area contributed by atoms with E-state index in [1.807, 2.05) is 0 Å². The summed E-state index contributed by atoms with van der Waals surface area (Å²) in [6, 6.07) is 6.80. The minimum Gasteiger partial charge on any atom is -0.506 e. The lowest BCUT2D eigenvalue weighted by atomic mass is 9.96. The maximum atomic E-state index is 12.4. The molecule has 1 saturated heterocycles. The van der Waals surface area contributed by atoms with Crippen LogP contribution in [0.1, 0.15) is 38.4 Å². The van der Waals surface area contributed by atoms with Crippen LogP contribution < -0.4 is 10.2 Å². The summed E-state index contributed by atoms with van der Waals surface area (Å²) >= 11 is 1.43. The number of aromatic nitrogens is 2. The van der Waals surface area contributed by atoms with E-state index in [0.717, 1.165) is 36.9 Å². The molecule has 0 bridgehead atoms. The molecule has 1 aromatic heterocycles. The number of carbonyl (C=O) groups is 1. The van der Waals surface area contributed by atoms with Crippen LogP contribution in [0, 0.1) is 5.92 Å². The zero-order valence-electron chi connectivity index (χ0n) is 13.9. The number of rotatable bonds is 4. The van der Waals surface area contributed by atoms with Crippen LogP contribution >= 0.6 is 11.5 Å². The zero-order valence-corrected chi connectivity index (χ0v) is 14.7. The Morgan fingerprint density at radius 1 is 1.33 bits per heavy atom. The summed E-state index contributed by atoms with van der Waals surface area (Å²) in [5.41, 5.74) is 0.468. The molecule has 2 aromatic rings. The lowest BCUT2D eigenvalue weighted by Crippen LogP contribution is -2.38. The summed E-state index contributed by atoms with van der Waals surface area (Å²) in [7, 11) is 0. The van der Waals surface area contributed by atoms with Gasteiger partial charge < -0.3 is 15.3 Å². The number of anilines is 2. The van der Waals surface area contributed by atoms with Crippen molar-refractivity contribution >= 4 is 28.3 Å². The van der Waals surface area contributed by atoms with Crippen molar-refractivity contribution in [2.24, 2.45) is 5.92 Å². The minimum absolute atomic E-state index is 0.0312. The highest BCUT2D eigenvalue weighted by molar-refractivity contribution is 7.09. The maximum absolute atomic E-state index is 12.4. The Labute approximate surface area is 145 Å². The van der Waals surface area contributed by atoms with Crippen LogP contribution in [0.15, 0.2) is 24.3 Å². The first-order chi connectivity index (χ1) is 11.5. The molecule has 24 heavy (non-hydrogen) atoms. The predicted octanol–water partition coefficient (Wildman–Crippen LogP) is 3.22. The lowest BCUT2D eigenvalue weighted by Gasteiger charge is -2.30. The third-order valence-electron chi connectivity index (χ3n) is 4.25. The average Bonchev–Trinajstić information content (AvgIpc) is 3.07. The molecule has 1 amide bonds. The van der Waals surface area contributed by atoms with Crippen molar-refractivity contribution in [1.29, 1.82) is 0 Å². The summed E-state index contributed by atoms with van der Waals surface area (Å²) in [5, 5.41) is 13.5. The number of nitrogens with one attached hydrogen (secondary N) is 1. The Bertz CT molecular complexity index is 708. The minimum atomic E-state index is -0.0432. The molecule has 2 N–H and O–H groups in total. The fourth-order valence-electron chi connectivity index (χ4n) is 2.74. The molecule has 2 heterocycles. The van der Waals surface area contributed by atoms with Gasteiger partial charge in [0, 0.05) is 36.5 Å². The number of carbonyl (C=O) groups excluding carboxylic acids is 1. The highest BCUT2D eigenvalue weighted by Gasteiger charge is 2.27. The average molecular weight is 346 g/mol. The maximum Gasteiger partial charge on any atom is 0.227 e. The van der Waals surface area contributed by atoms with Crippen LogP contribution in [0.25, 0.3) is 0 Å². The van der Waals surface area contributed by atoms with E-state index in [1.54, 1.807) is 24.3 Å². The summed E-state index contributed by atoms with van der Waals surface area (Å²) < 4.78 is 4.39. The van der Waals surface area contributed by atoms with E-state index in [-0.39, 0.29) is 17.6 Å². The van der Waals surface area contributed by atoms with E-state index >= 15 is 0 Å². The summed E-state index contributed by atoms with van der Waals surface area (Å²) in [6.07, 6.45) is 1.55. The number of phenolic OH excluding ortho intramolecular Hbond substituents is 1. The molecule has 6 nitrogen and oxygen atoms in total. The third-order valence-corrected chi connectivity index (χ3v) is 5.04. The van der Waals surface area contributed by atoms with Gasteiger partial charge in [-0.05, 0) is 25.0 Å². The largest absolute Gasteiger partial charge is 0.506 e. The topological polar surface area (TPSA) is 78.4 Å². The van der Waals surface area contributed by atoms with Gasteiger partial charge in [0.2, 0.25) is 11.0 Å². The fraction of sp³-hybridized carbons (Fsp3) is 0.471. The molecular weight excluding hydrogens is 324 g/mol. The van der Waals surface area contributed by atoms with Gasteiger partial charge in [-0.15, -0.1) is 0 Å². The molecule has 0 aliphatic carbocycles. The van der Waals surface area contributed by atoms with Gasteiger partial charge in [0.25, 0.3) is 0 Å². The van der Waals surface area contributed by atoms with Gasteiger partial charge in [0.15, 0.2) is 0 Å². The molecule has 0 spiro atoms. The first-order valence-corrected chi connectivity index (χ1v) is 8.99. The van der Waals surface area contributed by atoms with Crippen LogP contribution in [0.4, 0.5) is 10.8 Å². The first-order valence-electron chi connectivity index (χ1n) is 8.22. The molecule has 7 heteroatoms. The molecule has 128 valence electrons. The number of aromatic hydroxyl groups is 1. The van der Waals surface area contributed by atoms with Gasteiger partial charge in [-0.1, -0.05) is 26.0 Å². The molecule has 0 saturated carbocycles. The van der Waals surface area contributed by atoms with Crippen molar-refractivity contribution in [1.82, 2.24) is 9.36 Å². The van der Waals surface area contributed by atoms with Crippen LogP contribution in [-0.4, -0.2) is 33.5 Å². The molecule has 1 fully saturated rings. The van der Waals surface area contributed by atoms with Gasteiger partial charge in [-0.25, -0.2) is 4.98 Å². The van der Waals surface area contributed by atoms with Gasteiger partial charge in [0.1, 0.15) is 11.6 Å². The highest BCUT2D eigenvalue weighted by atomic mass is 32.1. The third kappa shape index (κ3) is 3.67. The Morgan fingerprint density at radius 3 is 2.67 bits per heavy atom. The van der Waals surface area contributed by atoms with Crippen molar-refractivity contribution < 1.29 is 9.90 Å². The quantitative estimate of drug-likeness (QED) is 0.831. The van der Waals surface area contributed by atoms with Gasteiger partial charge in [-0.3, -0.25) is 4.79 Å². The molecule has 1 aromatic carbocycles. The Balaban J connectivity index is 1.56. The molecule has 0 unspecified atom stereocenters. The Kier molecular flexibility index (Phi) is 4.99. The van der Waals surface area contributed by atoms with Crippen LogP contribution in [0.2, 0.25) is 0 Å². The van der Waals surface area contributed by atoms with Gasteiger partial charge in [0.05, 0.1) is 5.69 Å². The number of phenols is 1. The fourth-order valence-corrected chi connectivity index (χ4v) is 3.60. The first kappa shape index (κ1) is 16.7. The number of amides is 1. The molecule has 0 atom stereocenters. The molecule has 1 aliphatic rings. The van der Waals surface area contributed by atoms with Gasteiger partial charge >= 0.3 is 0 Å². The van der Waals surface area contributed by atoms with E-state index in [2.05, 4.69) is 33.4 Å². The standard InChI is InChI=1S/C17H22N4O2S/c1-11(2)15-19-17(24-20-15)21-9-7-12(8-10-21)16(23)18-13-5-3-4-6-14(13)22/h3-6,11-12,22H,7-10H2,1-2H3,(H,18,23). The predicted molar refractivity (Wildman–Crippen MR) is 95.7 cm³/mol. The van der Waals surface area contributed by atoms with E-state index in [9.17, 15) is 9.90 Å². The van der Waals surface area contributed by atoms with Crippen molar-refractivity contribution in [3.8, 4) is 5.75 Å². The normalized spacial score (nSPS) is 15.7. The monoisotopic (exact) mass is 346 g/mol. The number of benzene rings is 1. The number of nitrogens with zero attached hydrogens (tertiary/aromatic N) is 3. The second-order valence-electron chi connectivity index (χ2n) is 6.36. The SMILES string of the molecule is CC(C)c1nsc(N2CCC(C(=O)Nc3ccccc3O)CC2)n1. The lowest BCUT2D eigenvalue weighted by molar-refractivity contribution is -0.120. The number of para-hydroxylation sites is 2. The summed E-state index contributed by atoms with van der Waals surface area (Å²) in [5.74, 6) is 1.24. The van der Waals surface area contributed by atoms with E-state index < -0.39 is 0 Å². The number of piperidine rings is 1. The molecule has 3 rings (SSSR count). The van der Waals surface area contributed by atoms with Crippen LogP contribution in [-0.2, 0) is 4.79 Å². The van der Waals surface area contributed by atoms with Crippen molar-refractivity contribution in [3.05, 3.63) is 30.1 Å². The Morgan fingerprint density at radius 2 is 2.04 bits per heavy atom. The van der Waals surface area contributed by atoms with Crippen LogP contribution in [0.3, 0.4) is 0 Å². The molecule has 0 radical (unpaired) electrons. The highest BCUT2D eigenvalue weighted by Crippen LogP contribution is 2.28. The second kappa shape index (κ2) is 7.17. The molecule has 1 aliphatic heterocycles. The number of hydrogen-bond donors (Lipinski definition) is 2. The molecular formula is C17H22N4O2S. The second-order valence-corrected chi connectivity index (χ2v) is 7.09. The smallest absolute Gasteiger partial charge is 0.227 e. The van der Waals surface area contributed by atoms with Crippen molar-refractivity contribution in [2.45, 2.75) is 32.6 Å². The van der Waals surface area contributed by atoms with Crippen molar-refractivity contribution in [3.63, 3.8) is 0 Å². The van der Waals surface area contributed by atoms with E-state index in [1.165, 1.54) is 11.5 Å². The van der Waals surface area contributed by atoms with E-state index in [0.29, 0.717) is 11.6 Å². The zero-order chi connectivity index (χ0) is 17.1. The summed E-state index contributed by atoms with van der Waals surface area (Å²) in [4.78, 5) is 19.2. The van der Waals surface area contributed by atoms with Crippen molar-refractivity contribution in [2.75, 3.05) is 23.3 Å². The number of hydrogen-bond acceptors (Lipinski definition) is 6. The summed E-state index contributed by atoms with van der Waals surface area (Å²) in [6.45, 7) is 5.76.